The molecule has 1 aliphatic rings. The summed E-state index contributed by atoms with van der Waals surface area (Å²) in [5, 5.41) is 3.08. The van der Waals surface area contributed by atoms with Crippen LogP contribution in [0.4, 0.5) is 8.78 Å². The molecule has 1 atom stereocenters. The van der Waals surface area contributed by atoms with Gasteiger partial charge in [0.2, 0.25) is 0 Å². The first kappa shape index (κ1) is 16.2. The maximum absolute atomic E-state index is 14.2. The third kappa shape index (κ3) is 4.16. The average Bonchev–Trinajstić information content (AvgIpc) is 2.73. The van der Waals surface area contributed by atoms with E-state index in [9.17, 15) is 8.78 Å². The molecule has 0 amide bonds. The predicted molar refractivity (Wildman–Crippen MR) is 80.5 cm³/mol. The van der Waals surface area contributed by atoms with E-state index in [0.717, 1.165) is 19.3 Å². The Morgan fingerprint density at radius 1 is 1.14 bits per heavy atom. The van der Waals surface area contributed by atoms with Crippen LogP contribution >= 0.6 is 0 Å². The Balaban J connectivity index is 2.16. The molecule has 0 heterocycles. The molecule has 1 aromatic carbocycles. The first-order valence-electron chi connectivity index (χ1n) is 7.86. The van der Waals surface area contributed by atoms with Gasteiger partial charge in [0.1, 0.15) is 17.4 Å². The van der Waals surface area contributed by atoms with Gasteiger partial charge < -0.3 is 10.1 Å². The second-order valence-corrected chi connectivity index (χ2v) is 5.94. The van der Waals surface area contributed by atoms with Gasteiger partial charge in [0.05, 0.1) is 7.11 Å². The average molecular weight is 297 g/mol. The van der Waals surface area contributed by atoms with Crippen LogP contribution in [0.5, 0.6) is 5.75 Å². The van der Waals surface area contributed by atoms with Crippen molar-refractivity contribution in [2.24, 2.45) is 5.92 Å². The lowest BCUT2D eigenvalue weighted by Crippen LogP contribution is -2.22. The van der Waals surface area contributed by atoms with E-state index in [1.165, 1.54) is 44.9 Å². The topological polar surface area (TPSA) is 21.3 Å². The molecule has 0 spiro atoms. The Hall–Kier alpha value is -1.16. The summed E-state index contributed by atoms with van der Waals surface area (Å²) in [4.78, 5) is 0. The van der Waals surface area contributed by atoms with Crippen LogP contribution < -0.4 is 10.1 Å². The highest BCUT2D eigenvalue weighted by Gasteiger charge is 2.24. The first-order chi connectivity index (χ1) is 10.2. The van der Waals surface area contributed by atoms with Gasteiger partial charge in [-0.25, -0.2) is 8.78 Å². The first-order valence-corrected chi connectivity index (χ1v) is 7.86. The second kappa shape index (κ2) is 7.74. The van der Waals surface area contributed by atoms with E-state index in [2.05, 4.69) is 5.32 Å². The van der Waals surface area contributed by atoms with Gasteiger partial charge in [0.25, 0.3) is 0 Å². The Kier molecular flexibility index (Phi) is 5.97. The third-order valence-electron chi connectivity index (χ3n) is 4.53. The molecule has 1 aliphatic carbocycles. The van der Waals surface area contributed by atoms with Gasteiger partial charge in [0, 0.05) is 23.7 Å². The molecule has 0 aliphatic heterocycles. The molecule has 2 nitrogen and oxygen atoms in total. The molecule has 0 aromatic heterocycles. The number of hydrogen-bond acceptors (Lipinski definition) is 2. The van der Waals surface area contributed by atoms with Crippen LogP contribution in [0.25, 0.3) is 0 Å². The van der Waals surface area contributed by atoms with Crippen LogP contribution in [-0.2, 0) is 0 Å². The molecule has 0 radical (unpaired) electrons. The van der Waals surface area contributed by atoms with Gasteiger partial charge in [0.15, 0.2) is 0 Å². The molecular weight excluding hydrogens is 272 g/mol. The van der Waals surface area contributed by atoms with Gasteiger partial charge >= 0.3 is 0 Å². The number of halogens is 2. The summed E-state index contributed by atoms with van der Waals surface area (Å²) >= 11 is 0. The van der Waals surface area contributed by atoms with Crippen molar-refractivity contribution in [3.8, 4) is 5.75 Å². The summed E-state index contributed by atoms with van der Waals surface area (Å²) in [5.41, 5.74) is 0.141. The Morgan fingerprint density at radius 2 is 1.71 bits per heavy atom. The smallest absolute Gasteiger partial charge is 0.134 e. The van der Waals surface area contributed by atoms with E-state index in [1.807, 2.05) is 0 Å². The molecule has 1 fully saturated rings. The van der Waals surface area contributed by atoms with Crippen LogP contribution in [0.1, 0.15) is 56.6 Å². The van der Waals surface area contributed by atoms with E-state index in [1.54, 1.807) is 7.05 Å². The normalized spacial score (nSPS) is 18.3. The van der Waals surface area contributed by atoms with Crippen molar-refractivity contribution in [2.45, 2.75) is 51.0 Å². The van der Waals surface area contributed by atoms with Crippen LogP contribution in [0.2, 0.25) is 0 Å². The van der Waals surface area contributed by atoms with Crippen molar-refractivity contribution < 1.29 is 13.5 Å². The number of nitrogens with one attached hydrogen (secondary N) is 1. The lowest BCUT2D eigenvalue weighted by molar-refractivity contribution is 0.351. The Labute approximate surface area is 125 Å². The highest BCUT2D eigenvalue weighted by Crippen LogP contribution is 2.34. The predicted octanol–water partition coefficient (Wildman–Crippen LogP) is 4.59. The van der Waals surface area contributed by atoms with Gasteiger partial charge in [-0.1, -0.05) is 38.5 Å². The van der Waals surface area contributed by atoms with E-state index in [0.29, 0.717) is 5.92 Å². The largest absolute Gasteiger partial charge is 0.497 e. The number of ether oxygens (including phenoxy) is 1. The number of hydrogen-bond donors (Lipinski definition) is 1. The second-order valence-electron chi connectivity index (χ2n) is 5.94. The number of benzene rings is 1. The highest BCUT2D eigenvalue weighted by molar-refractivity contribution is 5.32. The summed E-state index contributed by atoms with van der Waals surface area (Å²) in [7, 11) is 3.18. The SMILES string of the molecule is CNC(CC1CCCCCC1)c1c(F)cc(OC)cc1F. The minimum absolute atomic E-state index is 0.141. The van der Waals surface area contributed by atoms with Gasteiger partial charge in [-0.15, -0.1) is 0 Å². The lowest BCUT2D eigenvalue weighted by Gasteiger charge is -2.23. The van der Waals surface area contributed by atoms with Crippen molar-refractivity contribution in [3.63, 3.8) is 0 Å². The fourth-order valence-corrected chi connectivity index (χ4v) is 3.32. The van der Waals surface area contributed by atoms with Crippen molar-refractivity contribution in [1.82, 2.24) is 5.32 Å². The monoisotopic (exact) mass is 297 g/mol. The van der Waals surface area contributed by atoms with E-state index in [4.69, 9.17) is 4.74 Å². The summed E-state index contributed by atoms with van der Waals surface area (Å²) in [5.74, 6) is -0.288. The highest BCUT2D eigenvalue weighted by atomic mass is 19.1. The molecule has 21 heavy (non-hydrogen) atoms. The minimum Gasteiger partial charge on any atom is -0.497 e. The van der Waals surface area contributed by atoms with Crippen molar-refractivity contribution in [1.29, 1.82) is 0 Å². The van der Waals surface area contributed by atoms with Gasteiger partial charge in [-0.3, -0.25) is 0 Å². The van der Waals surface area contributed by atoms with Crippen molar-refractivity contribution >= 4 is 0 Å². The Morgan fingerprint density at radius 3 is 2.19 bits per heavy atom. The molecule has 1 saturated carbocycles. The van der Waals surface area contributed by atoms with E-state index >= 15 is 0 Å². The summed E-state index contributed by atoms with van der Waals surface area (Å²) < 4.78 is 33.3. The summed E-state index contributed by atoms with van der Waals surface area (Å²) in [6, 6.07) is 2.24. The molecule has 118 valence electrons. The van der Waals surface area contributed by atoms with Crippen LogP contribution in [0, 0.1) is 17.6 Å². The summed E-state index contributed by atoms with van der Waals surface area (Å²) in [6.45, 7) is 0. The van der Waals surface area contributed by atoms with Crippen LogP contribution in [0.3, 0.4) is 0 Å². The quantitative estimate of drug-likeness (QED) is 0.802. The third-order valence-corrected chi connectivity index (χ3v) is 4.53. The zero-order valence-electron chi connectivity index (χ0n) is 12.9. The zero-order valence-corrected chi connectivity index (χ0v) is 12.9. The number of methoxy groups -OCH3 is 1. The fourth-order valence-electron chi connectivity index (χ4n) is 3.32. The molecule has 1 N–H and O–H groups in total. The van der Waals surface area contributed by atoms with Gasteiger partial charge in [-0.05, 0) is 19.4 Å². The Bertz CT molecular complexity index is 433. The molecule has 1 unspecified atom stereocenters. The maximum Gasteiger partial charge on any atom is 0.134 e. The summed E-state index contributed by atoms with van der Waals surface area (Å²) in [6.07, 6.45) is 8.15. The number of rotatable bonds is 5. The molecule has 0 bridgehead atoms. The standard InChI is InChI=1S/C17H25F2NO/c1-20-16(9-12-7-5-3-4-6-8-12)17-14(18)10-13(21-2)11-15(17)19/h10-12,16,20H,3-9H2,1-2H3. The molecule has 0 saturated heterocycles. The molecule has 2 rings (SSSR count). The maximum atomic E-state index is 14.2. The van der Waals surface area contributed by atoms with Crippen molar-refractivity contribution in [3.05, 3.63) is 29.3 Å². The minimum atomic E-state index is -0.528. The van der Waals surface area contributed by atoms with E-state index in [-0.39, 0.29) is 17.4 Å². The van der Waals surface area contributed by atoms with Crippen LogP contribution in [-0.4, -0.2) is 14.2 Å². The lowest BCUT2D eigenvalue weighted by atomic mass is 9.89. The molecular formula is C17H25F2NO. The van der Waals surface area contributed by atoms with Crippen LogP contribution in [0.15, 0.2) is 12.1 Å². The molecule has 1 aromatic rings. The molecule has 4 heteroatoms. The van der Waals surface area contributed by atoms with Crippen molar-refractivity contribution in [2.75, 3.05) is 14.2 Å². The fraction of sp³-hybridized carbons (Fsp3) is 0.647. The van der Waals surface area contributed by atoms with Gasteiger partial charge in [-0.2, -0.15) is 0 Å². The zero-order chi connectivity index (χ0) is 15.2. The van der Waals surface area contributed by atoms with E-state index < -0.39 is 11.6 Å².